The van der Waals surface area contributed by atoms with Crippen molar-refractivity contribution in [1.29, 1.82) is 0 Å². The molecule has 1 aromatic heterocycles. The number of carbonyl (C=O) groups excluding carboxylic acids is 3. The molecule has 0 spiro atoms. The molecule has 1 aliphatic rings. The first-order valence-corrected chi connectivity index (χ1v) is 7.08. The monoisotopic (exact) mass is 362 g/mol. The van der Waals surface area contributed by atoms with Gasteiger partial charge in [-0.3, -0.25) is 14.4 Å². The normalized spacial score (nSPS) is 14.3. The summed E-state index contributed by atoms with van der Waals surface area (Å²) in [7, 11) is 0. The Morgan fingerprint density at radius 3 is 2.41 bits per heavy atom. The van der Waals surface area contributed by atoms with Crippen molar-refractivity contribution >= 4 is 38.9 Å². The fraction of sp³-hybridized carbons (Fsp3) is 0.0625. The van der Waals surface area contributed by atoms with Crippen molar-refractivity contribution in [3.05, 3.63) is 63.3 Å². The summed E-state index contributed by atoms with van der Waals surface area (Å²) >= 11 is 3.05. The van der Waals surface area contributed by atoms with E-state index in [1.807, 2.05) is 0 Å². The van der Waals surface area contributed by atoms with Crippen molar-refractivity contribution in [2.24, 2.45) is 0 Å². The fourth-order valence-electron chi connectivity index (χ4n) is 2.27. The SMILES string of the molecule is CC1=C(Br)C(=O)C(=O)c2c(C(=O)c3ccc(F)cc3)coc21. The minimum Gasteiger partial charge on any atom is -0.463 e. The second-order valence-electron chi connectivity index (χ2n) is 4.79. The molecule has 0 amide bonds. The summed E-state index contributed by atoms with van der Waals surface area (Å²) in [4.78, 5) is 36.5. The third-order valence-corrected chi connectivity index (χ3v) is 4.40. The van der Waals surface area contributed by atoms with Crippen LogP contribution in [0.15, 0.2) is 39.4 Å². The van der Waals surface area contributed by atoms with E-state index in [1.165, 1.54) is 12.1 Å². The highest BCUT2D eigenvalue weighted by Crippen LogP contribution is 2.35. The van der Waals surface area contributed by atoms with Crippen molar-refractivity contribution in [3.63, 3.8) is 0 Å². The molecular formula is C16H8BrFO4. The zero-order chi connectivity index (χ0) is 16.0. The van der Waals surface area contributed by atoms with Gasteiger partial charge in [0.25, 0.3) is 0 Å². The highest BCUT2D eigenvalue weighted by molar-refractivity contribution is 9.12. The molecule has 1 aliphatic carbocycles. The Kier molecular flexibility index (Phi) is 3.41. The highest BCUT2D eigenvalue weighted by atomic mass is 79.9. The average molecular weight is 363 g/mol. The van der Waals surface area contributed by atoms with Gasteiger partial charge in [-0.2, -0.15) is 0 Å². The third kappa shape index (κ3) is 2.07. The minimum atomic E-state index is -0.799. The van der Waals surface area contributed by atoms with E-state index >= 15 is 0 Å². The molecule has 0 radical (unpaired) electrons. The molecule has 0 aliphatic heterocycles. The van der Waals surface area contributed by atoms with Gasteiger partial charge in [0.15, 0.2) is 5.78 Å². The van der Waals surface area contributed by atoms with Gasteiger partial charge in [-0.15, -0.1) is 0 Å². The standard InChI is InChI=1S/C16H8BrFO4/c1-7-12(17)15(21)14(20)11-10(6-22-16(7)11)13(19)8-2-4-9(18)5-3-8/h2-6H,1H3. The van der Waals surface area contributed by atoms with Crippen LogP contribution in [0.5, 0.6) is 0 Å². The van der Waals surface area contributed by atoms with Gasteiger partial charge in [0.2, 0.25) is 11.6 Å². The number of allylic oxidation sites excluding steroid dienone is 2. The van der Waals surface area contributed by atoms with Crippen molar-refractivity contribution < 1.29 is 23.2 Å². The van der Waals surface area contributed by atoms with Gasteiger partial charge in [0.1, 0.15) is 17.8 Å². The summed E-state index contributed by atoms with van der Waals surface area (Å²) in [6, 6.07) is 4.92. The molecule has 4 nitrogen and oxygen atoms in total. The number of hydrogen-bond acceptors (Lipinski definition) is 4. The summed E-state index contributed by atoms with van der Waals surface area (Å²) in [5.41, 5.74) is 0.619. The maximum absolute atomic E-state index is 12.9. The van der Waals surface area contributed by atoms with Gasteiger partial charge in [-0.1, -0.05) is 0 Å². The van der Waals surface area contributed by atoms with Gasteiger partial charge in [-0.25, -0.2) is 4.39 Å². The topological polar surface area (TPSA) is 64.3 Å². The molecule has 0 saturated carbocycles. The molecule has 6 heteroatoms. The van der Waals surface area contributed by atoms with Crippen LogP contribution in [0.1, 0.15) is 39.0 Å². The van der Waals surface area contributed by atoms with Crippen LogP contribution >= 0.6 is 15.9 Å². The average Bonchev–Trinajstić information content (AvgIpc) is 2.96. The lowest BCUT2D eigenvalue weighted by molar-refractivity contribution is -0.111. The van der Waals surface area contributed by atoms with Crippen LogP contribution in [0.2, 0.25) is 0 Å². The maximum atomic E-state index is 12.9. The summed E-state index contributed by atoms with van der Waals surface area (Å²) in [5, 5.41) is 0. The lowest BCUT2D eigenvalue weighted by atomic mass is 9.91. The van der Waals surface area contributed by atoms with Crippen LogP contribution < -0.4 is 0 Å². The Morgan fingerprint density at radius 1 is 1.14 bits per heavy atom. The van der Waals surface area contributed by atoms with E-state index in [1.54, 1.807) is 6.92 Å². The maximum Gasteiger partial charge on any atom is 0.241 e. The Labute approximate surface area is 132 Å². The molecule has 0 N–H and O–H groups in total. The van der Waals surface area contributed by atoms with E-state index < -0.39 is 23.2 Å². The van der Waals surface area contributed by atoms with E-state index in [0.29, 0.717) is 5.57 Å². The van der Waals surface area contributed by atoms with Crippen LogP contribution in [0.3, 0.4) is 0 Å². The molecule has 0 bridgehead atoms. The van der Waals surface area contributed by atoms with Gasteiger partial charge >= 0.3 is 0 Å². The number of ketones is 3. The number of rotatable bonds is 2. The van der Waals surface area contributed by atoms with Crippen LogP contribution in [0, 0.1) is 5.82 Å². The van der Waals surface area contributed by atoms with Crippen molar-refractivity contribution in [2.45, 2.75) is 6.92 Å². The first-order chi connectivity index (χ1) is 10.4. The number of fused-ring (bicyclic) bond motifs is 1. The van der Waals surface area contributed by atoms with E-state index in [4.69, 9.17) is 4.42 Å². The van der Waals surface area contributed by atoms with E-state index in [0.717, 1.165) is 18.4 Å². The first-order valence-electron chi connectivity index (χ1n) is 6.29. The van der Waals surface area contributed by atoms with E-state index in [-0.39, 0.29) is 26.9 Å². The zero-order valence-corrected chi connectivity index (χ0v) is 12.9. The number of halogens is 2. The van der Waals surface area contributed by atoms with Crippen LogP contribution in [-0.2, 0) is 4.79 Å². The van der Waals surface area contributed by atoms with Gasteiger partial charge in [-0.05, 0) is 47.1 Å². The smallest absolute Gasteiger partial charge is 0.241 e. The quantitative estimate of drug-likeness (QED) is 0.605. The second-order valence-corrected chi connectivity index (χ2v) is 5.58. The molecule has 0 unspecified atom stereocenters. The van der Waals surface area contributed by atoms with Crippen molar-refractivity contribution in [3.8, 4) is 0 Å². The highest BCUT2D eigenvalue weighted by Gasteiger charge is 2.36. The zero-order valence-electron chi connectivity index (χ0n) is 11.3. The van der Waals surface area contributed by atoms with Crippen molar-refractivity contribution in [1.82, 2.24) is 0 Å². The van der Waals surface area contributed by atoms with Crippen LogP contribution in [0.25, 0.3) is 5.57 Å². The number of hydrogen-bond donors (Lipinski definition) is 0. The number of Topliss-reactive ketones (excluding diaryl/α,β-unsaturated/α-hetero) is 2. The Bertz CT molecular complexity index is 859. The molecule has 22 heavy (non-hydrogen) atoms. The number of benzene rings is 1. The van der Waals surface area contributed by atoms with Gasteiger partial charge in [0.05, 0.1) is 15.6 Å². The Balaban J connectivity index is 2.14. The Hall–Kier alpha value is -2.34. The molecular weight excluding hydrogens is 355 g/mol. The van der Waals surface area contributed by atoms with Gasteiger partial charge < -0.3 is 4.42 Å². The predicted octanol–water partition coefficient (Wildman–Crippen LogP) is 3.54. The summed E-state index contributed by atoms with van der Waals surface area (Å²) in [6.45, 7) is 1.61. The molecule has 0 saturated heterocycles. The second kappa shape index (κ2) is 5.14. The predicted molar refractivity (Wildman–Crippen MR) is 79.4 cm³/mol. The lowest BCUT2D eigenvalue weighted by Gasteiger charge is -2.11. The third-order valence-electron chi connectivity index (χ3n) is 3.44. The summed E-state index contributed by atoms with van der Waals surface area (Å²) in [6.07, 6.45) is 1.15. The van der Waals surface area contributed by atoms with E-state index in [2.05, 4.69) is 15.9 Å². The van der Waals surface area contributed by atoms with Crippen LogP contribution in [-0.4, -0.2) is 17.3 Å². The fourth-order valence-corrected chi connectivity index (χ4v) is 2.63. The van der Waals surface area contributed by atoms with E-state index in [9.17, 15) is 18.8 Å². The molecule has 2 aromatic rings. The van der Waals surface area contributed by atoms with Crippen LogP contribution in [0.4, 0.5) is 4.39 Å². The lowest BCUT2D eigenvalue weighted by Crippen LogP contribution is -2.22. The van der Waals surface area contributed by atoms with Crippen molar-refractivity contribution in [2.75, 3.05) is 0 Å². The first kappa shape index (κ1) is 14.6. The van der Waals surface area contributed by atoms with Gasteiger partial charge in [0, 0.05) is 11.1 Å². The molecule has 110 valence electrons. The Morgan fingerprint density at radius 2 is 1.77 bits per heavy atom. The summed E-state index contributed by atoms with van der Waals surface area (Å²) in [5.74, 6) is -2.30. The largest absolute Gasteiger partial charge is 0.463 e. The minimum absolute atomic E-state index is 0.000641. The molecule has 0 atom stereocenters. The molecule has 1 aromatic carbocycles. The molecule has 3 rings (SSSR count). The molecule has 1 heterocycles. The summed E-state index contributed by atoms with van der Waals surface area (Å²) < 4.78 is 18.4. The number of carbonyl (C=O) groups is 3. The molecule has 0 fully saturated rings. The number of furan rings is 1.